The van der Waals surface area contributed by atoms with Gasteiger partial charge in [0.25, 0.3) is 0 Å². The summed E-state index contributed by atoms with van der Waals surface area (Å²) in [7, 11) is 1.35. The number of nitrogens with zero attached hydrogens (tertiary/aromatic N) is 1. The van der Waals surface area contributed by atoms with Gasteiger partial charge in [0.1, 0.15) is 11.6 Å². The second-order valence-electron chi connectivity index (χ2n) is 6.61. The lowest BCUT2D eigenvalue weighted by atomic mass is 9.91. The Balaban J connectivity index is 1.99. The van der Waals surface area contributed by atoms with Crippen molar-refractivity contribution >= 4 is 5.97 Å². The van der Waals surface area contributed by atoms with Gasteiger partial charge < -0.3 is 9.84 Å². The summed E-state index contributed by atoms with van der Waals surface area (Å²) in [4.78, 5) is 13.1. The topological polar surface area (TPSA) is 49.8 Å². The lowest BCUT2D eigenvalue weighted by molar-refractivity contribution is -0.143. The zero-order valence-electron chi connectivity index (χ0n) is 14.8. The van der Waals surface area contributed by atoms with Crippen molar-refractivity contribution in [3.05, 3.63) is 65.0 Å². The molecule has 0 bridgehead atoms. The summed E-state index contributed by atoms with van der Waals surface area (Å²) in [6.45, 7) is 0.818. The monoisotopic (exact) mass is 379 g/mol. The van der Waals surface area contributed by atoms with Crippen LogP contribution < -0.4 is 4.74 Å². The number of carboxylic acids is 1. The maximum Gasteiger partial charge on any atom is 0.306 e. The number of piperidine rings is 1. The van der Waals surface area contributed by atoms with E-state index in [1.54, 1.807) is 6.07 Å². The number of halogens is 3. The number of benzene rings is 2. The van der Waals surface area contributed by atoms with E-state index < -0.39 is 35.4 Å². The molecule has 3 rings (SSSR count). The van der Waals surface area contributed by atoms with E-state index in [1.165, 1.54) is 25.3 Å². The molecule has 7 heteroatoms. The molecule has 4 nitrogen and oxygen atoms in total. The van der Waals surface area contributed by atoms with Crippen LogP contribution in [0.3, 0.4) is 0 Å². The fraction of sp³-hybridized carbons (Fsp3) is 0.350. The van der Waals surface area contributed by atoms with Gasteiger partial charge in [-0.2, -0.15) is 0 Å². The molecule has 1 saturated heterocycles. The first kappa shape index (κ1) is 19.2. The molecule has 0 spiro atoms. The minimum absolute atomic E-state index is 0.0710. The summed E-state index contributed by atoms with van der Waals surface area (Å²) in [5.41, 5.74) is 0.710. The molecule has 1 N–H and O–H groups in total. The summed E-state index contributed by atoms with van der Waals surface area (Å²) in [5, 5.41) is 9.18. The predicted octanol–water partition coefficient (Wildman–Crippen LogP) is 4.00. The van der Waals surface area contributed by atoms with Crippen molar-refractivity contribution in [2.45, 2.75) is 18.9 Å². The van der Waals surface area contributed by atoms with E-state index in [-0.39, 0.29) is 11.3 Å². The minimum Gasteiger partial charge on any atom is -0.494 e. The lowest BCUT2D eigenvalue weighted by Gasteiger charge is -2.37. The van der Waals surface area contributed by atoms with Gasteiger partial charge in [-0.15, -0.1) is 0 Å². The van der Waals surface area contributed by atoms with Crippen molar-refractivity contribution in [1.29, 1.82) is 0 Å². The van der Waals surface area contributed by atoms with Crippen LogP contribution in [-0.4, -0.2) is 36.2 Å². The highest BCUT2D eigenvalue weighted by atomic mass is 19.1. The number of carboxylic acid groups (broad SMARTS) is 1. The molecule has 0 aliphatic carbocycles. The molecule has 27 heavy (non-hydrogen) atoms. The van der Waals surface area contributed by atoms with E-state index in [0.29, 0.717) is 31.5 Å². The molecular weight excluding hydrogens is 359 g/mol. The summed E-state index contributed by atoms with van der Waals surface area (Å²) in [5.74, 6) is -3.23. The normalized spacial score (nSPS) is 16.9. The SMILES string of the molecule is COc1ccc(C(c2ccc(F)cc2F)N2CCC(C(=O)O)CC2)cc1F. The summed E-state index contributed by atoms with van der Waals surface area (Å²) < 4.78 is 47.1. The smallest absolute Gasteiger partial charge is 0.306 e. The van der Waals surface area contributed by atoms with Crippen molar-refractivity contribution in [3.63, 3.8) is 0 Å². The summed E-state index contributed by atoms with van der Waals surface area (Å²) >= 11 is 0. The lowest BCUT2D eigenvalue weighted by Crippen LogP contribution is -2.39. The first-order valence-electron chi connectivity index (χ1n) is 8.66. The van der Waals surface area contributed by atoms with Crippen LogP contribution in [0.15, 0.2) is 36.4 Å². The number of hydrogen-bond acceptors (Lipinski definition) is 3. The van der Waals surface area contributed by atoms with Crippen molar-refractivity contribution in [2.24, 2.45) is 5.92 Å². The van der Waals surface area contributed by atoms with Crippen molar-refractivity contribution < 1.29 is 27.8 Å². The number of rotatable bonds is 5. The van der Waals surface area contributed by atoms with Crippen LogP contribution in [0, 0.1) is 23.4 Å². The van der Waals surface area contributed by atoms with Gasteiger partial charge in [-0.3, -0.25) is 9.69 Å². The van der Waals surface area contributed by atoms with E-state index in [0.717, 1.165) is 12.1 Å². The molecule has 1 unspecified atom stereocenters. The molecule has 1 atom stereocenters. The van der Waals surface area contributed by atoms with E-state index in [2.05, 4.69) is 0 Å². The fourth-order valence-electron chi connectivity index (χ4n) is 3.57. The Morgan fingerprint density at radius 3 is 2.37 bits per heavy atom. The standard InChI is InChI=1S/C20H20F3NO3/c1-27-18-5-2-13(10-17(18)23)19(15-4-3-14(21)11-16(15)22)24-8-6-12(7-9-24)20(25)26/h2-5,10-12,19H,6-9H2,1H3,(H,25,26). The Morgan fingerprint density at radius 1 is 1.11 bits per heavy atom. The van der Waals surface area contributed by atoms with E-state index in [4.69, 9.17) is 4.74 Å². The number of methoxy groups -OCH3 is 1. The number of ether oxygens (including phenoxy) is 1. The molecule has 2 aromatic carbocycles. The van der Waals surface area contributed by atoms with Crippen LogP contribution in [0.5, 0.6) is 5.75 Å². The fourth-order valence-corrected chi connectivity index (χ4v) is 3.57. The molecule has 1 aliphatic rings. The van der Waals surface area contributed by atoms with Gasteiger partial charge >= 0.3 is 5.97 Å². The third kappa shape index (κ3) is 4.08. The Bertz CT molecular complexity index is 835. The average Bonchev–Trinajstić information content (AvgIpc) is 2.64. The molecule has 1 heterocycles. The van der Waals surface area contributed by atoms with Gasteiger partial charge in [-0.25, -0.2) is 13.2 Å². The molecular formula is C20H20F3NO3. The molecule has 1 aliphatic heterocycles. The van der Waals surface area contributed by atoms with Crippen LogP contribution in [-0.2, 0) is 4.79 Å². The third-order valence-electron chi connectivity index (χ3n) is 4.99. The summed E-state index contributed by atoms with van der Waals surface area (Å²) in [6.07, 6.45) is 0.820. The molecule has 144 valence electrons. The molecule has 0 amide bonds. The second kappa shape index (κ2) is 8.00. The minimum atomic E-state index is -0.852. The van der Waals surface area contributed by atoms with Crippen LogP contribution in [0.2, 0.25) is 0 Å². The van der Waals surface area contributed by atoms with Gasteiger partial charge in [-0.05, 0) is 49.7 Å². The highest BCUT2D eigenvalue weighted by molar-refractivity contribution is 5.70. The largest absolute Gasteiger partial charge is 0.494 e. The summed E-state index contributed by atoms with van der Waals surface area (Å²) in [6, 6.07) is 7.03. The number of carbonyl (C=O) groups is 1. The molecule has 0 aromatic heterocycles. The molecule has 0 saturated carbocycles. The van der Waals surface area contributed by atoms with Crippen molar-refractivity contribution in [2.75, 3.05) is 20.2 Å². The van der Waals surface area contributed by atoms with Gasteiger partial charge in [0.05, 0.1) is 19.1 Å². The van der Waals surface area contributed by atoms with E-state index in [1.807, 2.05) is 4.90 Å². The maximum absolute atomic E-state index is 14.5. The van der Waals surface area contributed by atoms with Gasteiger partial charge in [0.15, 0.2) is 11.6 Å². The van der Waals surface area contributed by atoms with Crippen LogP contribution in [0.4, 0.5) is 13.2 Å². The first-order chi connectivity index (χ1) is 12.9. The van der Waals surface area contributed by atoms with E-state index >= 15 is 0 Å². The maximum atomic E-state index is 14.5. The molecule has 1 fully saturated rings. The van der Waals surface area contributed by atoms with Gasteiger partial charge in [0, 0.05) is 11.6 Å². The van der Waals surface area contributed by atoms with Crippen LogP contribution >= 0.6 is 0 Å². The molecule has 2 aromatic rings. The van der Waals surface area contributed by atoms with Gasteiger partial charge in [0.2, 0.25) is 0 Å². The Labute approximate surface area is 155 Å². The molecule has 0 radical (unpaired) electrons. The van der Waals surface area contributed by atoms with Crippen molar-refractivity contribution in [3.8, 4) is 5.75 Å². The zero-order chi connectivity index (χ0) is 19.6. The van der Waals surface area contributed by atoms with Crippen molar-refractivity contribution in [1.82, 2.24) is 4.90 Å². The zero-order valence-corrected chi connectivity index (χ0v) is 14.8. The number of hydrogen-bond donors (Lipinski definition) is 1. The Morgan fingerprint density at radius 2 is 1.81 bits per heavy atom. The number of aliphatic carboxylic acids is 1. The van der Waals surface area contributed by atoms with Crippen LogP contribution in [0.25, 0.3) is 0 Å². The van der Waals surface area contributed by atoms with E-state index in [9.17, 15) is 23.1 Å². The third-order valence-corrected chi connectivity index (χ3v) is 4.99. The Hall–Kier alpha value is -2.54. The first-order valence-corrected chi connectivity index (χ1v) is 8.66. The highest BCUT2D eigenvalue weighted by Crippen LogP contribution is 2.35. The van der Waals surface area contributed by atoms with Gasteiger partial charge in [-0.1, -0.05) is 12.1 Å². The highest BCUT2D eigenvalue weighted by Gasteiger charge is 2.32. The average molecular weight is 379 g/mol. The Kier molecular flexibility index (Phi) is 5.70. The quantitative estimate of drug-likeness (QED) is 0.853. The second-order valence-corrected chi connectivity index (χ2v) is 6.61. The predicted molar refractivity (Wildman–Crippen MR) is 93.1 cm³/mol. The van der Waals surface area contributed by atoms with Crippen LogP contribution in [0.1, 0.15) is 30.0 Å². The number of likely N-dealkylation sites (tertiary alicyclic amines) is 1.